The first-order valence-corrected chi connectivity index (χ1v) is 6.79. The molecule has 2 rings (SSSR count). The monoisotopic (exact) mass is 268 g/mol. The molecule has 3 heteroatoms. The van der Waals surface area contributed by atoms with Crippen LogP contribution in [0.2, 0.25) is 0 Å². The third-order valence-corrected chi connectivity index (χ3v) is 3.51. The Bertz CT molecular complexity index is 581. The summed E-state index contributed by atoms with van der Waals surface area (Å²) in [5, 5.41) is 3.02. The number of para-hydroxylation sites is 1. The van der Waals surface area contributed by atoms with E-state index in [9.17, 15) is 4.79 Å². The van der Waals surface area contributed by atoms with Gasteiger partial charge in [-0.2, -0.15) is 0 Å². The predicted molar refractivity (Wildman–Crippen MR) is 82.3 cm³/mol. The normalized spacial score (nSPS) is 13.5. The lowest BCUT2D eigenvalue weighted by Gasteiger charge is -2.19. The molecule has 2 aromatic rings. The van der Waals surface area contributed by atoms with Crippen LogP contribution in [0.15, 0.2) is 54.6 Å². The van der Waals surface area contributed by atoms with Crippen molar-refractivity contribution in [3.05, 3.63) is 65.7 Å². The summed E-state index contributed by atoms with van der Waals surface area (Å²) in [7, 11) is 0. The van der Waals surface area contributed by atoms with Gasteiger partial charge in [0.15, 0.2) is 0 Å². The smallest absolute Gasteiger partial charge is 0.227 e. The Morgan fingerprint density at radius 3 is 2.25 bits per heavy atom. The third kappa shape index (κ3) is 3.18. The number of anilines is 1. The van der Waals surface area contributed by atoms with E-state index >= 15 is 0 Å². The van der Waals surface area contributed by atoms with Crippen molar-refractivity contribution in [3.63, 3.8) is 0 Å². The van der Waals surface area contributed by atoms with Gasteiger partial charge in [-0.15, -0.1) is 0 Å². The van der Waals surface area contributed by atoms with E-state index in [1.165, 1.54) is 0 Å². The number of nitrogens with one attached hydrogen (secondary N) is 1. The third-order valence-electron chi connectivity index (χ3n) is 3.51. The highest BCUT2D eigenvalue weighted by molar-refractivity contribution is 5.83. The van der Waals surface area contributed by atoms with E-state index in [0.29, 0.717) is 5.69 Å². The molecule has 0 aromatic heterocycles. The molecule has 3 N–H and O–H groups in total. The van der Waals surface area contributed by atoms with Crippen LogP contribution in [-0.4, -0.2) is 5.91 Å². The molecule has 3 nitrogen and oxygen atoms in total. The van der Waals surface area contributed by atoms with Crippen molar-refractivity contribution < 1.29 is 4.79 Å². The first kappa shape index (κ1) is 14.1. The second kappa shape index (κ2) is 6.24. The maximum absolute atomic E-state index is 12.3. The molecule has 0 saturated carbocycles. The van der Waals surface area contributed by atoms with E-state index < -0.39 is 0 Å². The van der Waals surface area contributed by atoms with Crippen molar-refractivity contribution in [3.8, 4) is 0 Å². The van der Waals surface area contributed by atoms with Crippen LogP contribution in [-0.2, 0) is 4.79 Å². The minimum Gasteiger partial charge on any atom is -0.398 e. The number of benzene rings is 2. The van der Waals surface area contributed by atoms with Crippen molar-refractivity contribution in [1.82, 2.24) is 5.32 Å². The SMILES string of the molecule is CC(NC(=O)C(C)c1ccccc1)c1ccccc1N. The summed E-state index contributed by atoms with van der Waals surface area (Å²) in [6, 6.07) is 17.3. The van der Waals surface area contributed by atoms with Gasteiger partial charge in [-0.25, -0.2) is 0 Å². The molecule has 0 heterocycles. The van der Waals surface area contributed by atoms with Gasteiger partial charge in [-0.3, -0.25) is 4.79 Å². The molecule has 104 valence electrons. The van der Waals surface area contributed by atoms with Crippen LogP contribution in [0.1, 0.15) is 36.9 Å². The molecule has 0 fully saturated rings. The number of nitrogens with two attached hydrogens (primary N) is 1. The molecule has 2 unspecified atom stereocenters. The zero-order chi connectivity index (χ0) is 14.5. The summed E-state index contributed by atoms with van der Waals surface area (Å²) in [6.07, 6.45) is 0. The van der Waals surface area contributed by atoms with Crippen LogP contribution in [0.3, 0.4) is 0 Å². The lowest BCUT2D eigenvalue weighted by Crippen LogP contribution is -2.30. The minimum atomic E-state index is -0.177. The minimum absolute atomic E-state index is 0.00644. The van der Waals surface area contributed by atoms with Gasteiger partial charge in [-0.1, -0.05) is 48.5 Å². The van der Waals surface area contributed by atoms with E-state index in [-0.39, 0.29) is 17.9 Å². The van der Waals surface area contributed by atoms with Gasteiger partial charge in [0.05, 0.1) is 12.0 Å². The maximum Gasteiger partial charge on any atom is 0.227 e. The second-order valence-electron chi connectivity index (χ2n) is 4.99. The van der Waals surface area contributed by atoms with Crippen LogP contribution < -0.4 is 11.1 Å². The quantitative estimate of drug-likeness (QED) is 0.836. The van der Waals surface area contributed by atoms with E-state index in [0.717, 1.165) is 11.1 Å². The van der Waals surface area contributed by atoms with Crippen LogP contribution >= 0.6 is 0 Å². The fourth-order valence-electron chi connectivity index (χ4n) is 2.21. The summed E-state index contributed by atoms with van der Waals surface area (Å²) in [6.45, 7) is 3.85. The van der Waals surface area contributed by atoms with Gasteiger partial charge < -0.3 is 11.1 Å². The molecule has 0 aliphatic carbocycles. The molecule has 0 saturated heterocycles. The summed E-state index contributed by atoms with van der Waals surface area (Å²) < 4.78 is 0. The number of hydrogen-bond donors (Lipinski definition) is 2. The summed E-state index contributed by atoms with van der Waals surface area (Å²) in [5.41, 5.74) is 8.59. The van der Waals surface area contributed by atoms with Gasteiger partial charge in [0.1, 0.15) is 0 Å². The number of carbonyl (C=O) groups is 1. The summed E-state index contributed by atoms with van der Waals surface area (Å²) in [4.78, 5) is 12.3. The van der Waals surface area contributed by atoms with Crippen LogP contribution in [0.4, 0.5) is 5.69 Å². The second-order valence-corrected chi connectivity index (χ2v) is 4.99. The Morgan fingerprint density at radius 2 is 1.60 bits per heavy atom. The molecular formula is C17H20N2O. The molecule has 0 radical (unpaired) electrons. The standard InChI is InChI=1S/C17H20N2O/c1-12(14-8-4-3-5-9-14)17(20)19-13(2)15-10-6-7-11-16(15)18/h3-13H,18H2,1-2H3,(H,19,20). The van der Waals surface area contributed by atoms with Crippen LogP contribution in [0.5, 0.6) is 0 Å². The highest BCUT2D eigenvalue weighted by Crippen LogP contribution is 2.21. The maximum atomic E-state index is 12.3. The molecule has 0 aliphatic heterocycles. The van der Waals surface area contributed by atoms with Gasteiger partial charge in [0.25, 0.3) is 0 Å². The molecule has 0 spiro atoms. The Morgan fingerprint density at radius 1 is 1.00 bits per heavy atom. The lowest BCUT2D eigenvalue weighted by molar-refractivity contribution is -0.122. The highest BCUT2D eigenvalue weighted by atomic mass is 16.1. The Hall–Kier alpha value is -2.29. The van der Waals surface area contributed by atoms with Crippen molar-refractivity contribution in [2.45, 2.75) is 25.8 Å². The Kier molecular flexibility index (Phi) is 4.41. The largest absolute Gasteiger partial charge is 0.398 e. The average molecular weight is 268 g/mol. The highest BCUT2D eigenvalue weighted by Gasteiger charge is 2.18. The molecule has 0 bridgehead atoms. The zero-order valence-corrected chi connectivity index (χ0v) is 11.8. The molecule has 1 amide bonds. The van der Waals surface area contributed by atoms with Crippen molar-refractivity contribution in [1.29, 1.82) is 0 Å². The Balaban J connectivity index is 2.07. The summed E-state index contributed by atoms with van der Waals surface area (Å²) in [5.74, 6) is -0.171. The first-order chi connectivity index (χ1) is 9.59. The molecule has 2 aromatic carbocycles. The van der Waals surface area contributed by atoms with Crippen molar-refractivity contribution in [2.24, 2.45) is 0 Å². The van der Waals surface area contributed by atoms with E-state index in [2.05, 4.69) is 5.32 Å². The van der Waals surface area contributed by atoms with Crippen molar-refractivity contribution >= 4 is 11.6 Å². The number of hydrogen-bond acceptors (Lipinski definition) is 2. The van der Waals surface area contributed by atoms with Crippen molar-refractivity contribution in [2.75, 3.05) is 5.73 Å². The number of nitrogen functional groups attached to an aromatic ring is 1. The first-order valence-electron chi connectivity index (χ1n) is 6.79. The van der Waals surface area contributed by atoms with Gasteiger partial charge in [0, 0.05) is 5.69 Å². The number of carbonyl (C=O) groups excluding carboxylic acids is 1. The molecular weight excluding hydrogens is 248 g/mol. The number of amides is 1. The van der Waals surface area contributed by atoms with Gasteiger partial charge in [0.2, 0.25) is 5.91 Å². The van der Waals surface area contributed by atoms with Crippen LogP contribution in [0.25, 0.3) is 0 Å². The van der Waals surface area contributed by atoms with E-state index in [4.69, 9.17) is 5.73 Å². The average Bonchev–Trinajstić information content (AvgIpc) is 2.47. The fraction of sp³-hybridized carbons (Fsp3) is 0.235. The topological polar surface area (TPSA) is 55.1 Å². The summed E-state index contributed by atoms with van der Waals surface area (Å²) >= 11 is 0. The zero-order valence-electron chi connectivity index (χ0n) is 11.8. The fourth-order valence-corrected chi connectivity index (χ4v) is 2.21. The number of rotatable bonds is 4. The molecule has 0 aliphatic rings. The van der Waals surface area contributed by atoms with Gasteiger partial charge >= 0.3 is 0 Å². The molecule has 20 heavy (non-hydrogen) atoms. The molecule has 2 atom stereocenters. The lowest BCUT2D eigenvalue weighted by atomic mass is 9.99. The predicted octanol–water partition coefficient (Wildman–Crippen LogP) is 3.25. The van der Waals surface area contributed by atoms with Crippen LogP contribution in [0, 0.1) is 0 Å². The van der Waals surface area contributed by atoms with Gasteiger partial charge in [-0.05, 0) is 31.0 Å². The van der Waals surface area contributed by atoms with E-state index in [1.54, 1.807) is 0 Å². The Labute approximate surface area is 119 Å². The van der Waals surface area contributed by atoms with E-state index in [1.807, 2.05) is 68.4 Å².